The number of ketones is 1. The number of carbonyl (C=O) groups is 5. The molecule has 5 aliphatic rings. The van der Waals surface area contributed by atoms with Crippen LogP contribution in [0.2, 0.25) is 0 Å². The molecule has 3 aliphatic carbocycles. The van der Waals surface area contributed by atoms with Crippen LogP contribution in [-0.4, -0.2) is 90.1 Å². The van der Waals surface area contributed by atoms with Crippen molar-refractivity contribution in [3.8, 4) is 0 Å². The number of piperidine rings is 1. The SMILES string of the molecule is CCCC[C@H](NC(=O)[C@@H]1[C@H]2[C@@H](CN1C(=O)[C@@H](NC(=O)NC1([C@H]3CCCS3(=O)=O)CCCCC1)C(C)(C)C)C2(C)C)C(=O)C(=O)NC1CC1. The number of likely N-dealkylation sites (tertiary alicyclic amines) is 1. The lowest BCUT2D eigenvalue weighted by atomic mass is 9.78. The molecule has 2 aliphatic heterocycles. The highest BCUT2D eigenvalue weighted by Gasteiger charge is 2.70. The lowest BCUT2D eigenvalue weighted by Crippen LogP contribution is -2.65. The number of fused-ring (bicyclic) bond motifs is 1. The summed E-state index contributed by atoms with van der Waals surface area (Å²) in [6, 6.07) is -3.42. The van der Waals surface area contributed by atoms with E-state index in [4.69, 9.17) is 0 Å². The van der Waals surface area contributed by atoms with Crippen molar-refractivity contribution < 1.29 is 32.4 Å². The van der Waals surface area contributed by atoms with Crippen LogP contribution >= 0.6 is 0 Å². The quantitative estimate of drug-likeness (QED) is 0.228. The molecule has 0 aromatic heterocycles. The summed E-state index contributed by atoms with van der Waals surface area (Å²) in [6.45, 7) is 12.0. The second kappa shape index (κ2) is 13.5. The molecule has 2 heterocycles. The summed E-state index contributed by atoms with van der Waals surface area (Å²) >= 11 is 0. The van der Waals surface area contributed by atoms with Crippen molar-refractivity contribution in [2.75, 3.05) is 12.3 Å². The molecule has 0 spiro atoms. The number of sulfone groups is 1. The van der Waals surface area contributed by atoms with E-state index >= 15 is 0 Å². The van der Waals surface area contributed by atoms with Gasteiger partial charge < -0.3 is 26.2 Å². The Labute approximate surface area is 286 Å². The summed E-state index contributed by atoms with van der Waals surface area (Å²) in [4.78, 5) is 69.7. The summed E-state index contributed by atoms with van der Waals surface area (Å²) in [5.74, 6) is -2.14. The second-order valence-electron chi connectivity index (χ2n) is 16.8. The van der Waals surface area contributed by atoms with Crippen molar-refractivity contribution in [2.45, 2.75) is 154 Å². The van der Waals surface area contributed by atoms with E-state index in [-0.39, 0.29) is 29.0 Å². The van der Waals surface area contributed by atoms with Crippen molar-refractivity contribution in [2.24, 2.45) is 22.7 Å². The number of hydrogen-bond acceptors (Lipinski definition) is 7. The Morgan fingerprint density at radius 1 is 0.938 bits per heavy atom. The van der Waals surface area contributed by atoms with Crippen LogP contribution in [0.4, 0.5) is 4.79 Å². The standard InChI is InChI=1S/C35H57N5O7S/c1-7-8-13-23(27(41)30(43)36-21-15-16-21)37-29(42)26-25-22(34(25,5)6)20-40(26)31(44)28(33(2,3)4)38-32(45)39-35(17-10-9-11-18-35)24-14-12-19-48(24,46)47/h21-26,28H,7-20H2,1-6H3,(H,36,43)(H,37,42)(H2,38,39,45)/t22-,23+,24-,25-,26+,28-/m1/s1. The number of Topliss-reactive ketones (excluding diaryl/α,β-unsaturated/α-hetero) is 1. The first-order chi connectivity index (χ1) is 22.4. The van der Waals surface area contributed by atoms with Gasteiger partial charge in [-0.15, -0.1) is 0 Å². The van der Waals surface area contributed by atoms with Gasteiger partial charge >= 0.3 is 6.03 Å². The van der Waals surface area contributed by atoms with Gasteiger partial charge in [-0.3, -0.25) is 19.2 Å². The predicted molar refractivity (Wildman–Crippen MR) is 181 cm³/mol. The Morgan fingerprint density at radius 3 is 2.17 bits per heavy atom. The topological polar surface area (TPSA) is 171 Å². The Morgan fingerprint density at radius 2 is 1.60 bits per heavy atom. The Kier molecular flexibility index (Phi) is 10.3. The van der Waals surface area contributed by atoms with Gasteiger partial charge in [-0.2, -0.15) is 0 Å². The van der Waals surface area contributed by atoms with Gasteiger partial charge in [0.1, 0.15) is 12.1 Å². The largest absolute Gasteiger partial charge is 0.347 e. The van der Waals surface area contributed by atoms with Crippen LogP contribution in [0.5, 0.6) is 0 Å². The normalized spacial score (nSPS) is 29.6. The van der Waals surface area contributed by atoms with Gasteiger partial charge in [0.2, 0.25) is 17.6 Å². The van der Waals surface area contributed by atoms with Crippen molar-refractivity contribution in [3.63, 3.8) is 0 Å². The molecule has 0 unspecified atom stereocenters. The molecule has 0 aromatic rings. The monoisotopic (exact) mass is 691 g/mol. The molecular formula is C35H57N5O7S. The first-order valence-corrected chi connectivity index (χ1v) is 19.9. The van der Waals surface area contributed by atoms with Gasteiger partial charge in [0.15, 0.2) is 9.84 Å². The Bertz CT molecular complexity index is 1400. The maximum absolute atomic E-state index is 14.5. The van der Waals surface area contributed by atoms with Crippen LogP contribution in [0.3, 0.4) is 0 Å². The molecule has 0 bridgehead atoms. The van der Waals surface area contributed by atoms with Crippen LogP contribution in [-0.2, 0) is 29.0 Å². The maximum Gasteiger partial charge on any atom is 0.315 e. The molecule has 48 heavy (non-hydrogen) atoms. The molecule has 13 heteroatoms. The van der Waals surface area contributed by atoms with Gasteiger partial charge in [-0.25, -0.2) is 13.2 Å². The first kappa shape index (κ1) is 36.6. The molecule has 2 saturated heterocycles. The summed E-state index contributed by atoms with van der Waals surface area (Å²) in [7, 11) is -3.35. The molecule has 4 N–H and O–H groups in total. The summed E-state index contributed by atoms with van der Waals surface area (Å²) in [5.41, 5.74) is -1.80. The number of urea groups is 1. The van der Waals surface area contributed by atoms with E-state index in [2.05, 4.69) is 35.1 Å². The van der Waals surface area contributed by atoms with Crippen LogP contribution in [0.1, 0.15) is 119 Å². The number of nitrogens with zero attached hydrogens (tertiary/aromatic N) is 1. The third-order valence-electron chi connectivity index (χ3n) is 11.8. The molecule has 5 amide bonds. The number of rotatable bonds is 12. The van der Waals surface area contributed by atoms with E-state index in [0.717, 1.165) is 38.5 Å². The highest BCUT2D eigenvalue weighted by molar-refractivity contribution is 7.92. The van der Waals surface area contributed by atoms with Crippen molar-refractivity contribution in [3.05, 3.63) is 0 Å². The lowest BCUT2D eigenvalue weighted by molar-refractivity contribution is -0.145. The number of carbonyl (C=O) groups excluding carboxylic acids is 5. The van der Waals surface area contributed by atoms with Crippen molar-refractivity contribution in [1.82, 2.24) is 26.2 Å². The zero-order chi connectivity index (χ0) is 35.2. The highest BCUT2D eigenvalue weighted by Crippen LogP contribution is 2.65. The smallest absolute Gasteiger partial charge is 0.315 e. The molecule has 3 saturated carbocycles. The van der Waals surface area contributed by atoms with Crippen molar-refractivity contribution >= 4 is 39.4 Å². The van der Waals surface area contributed by atoms with Crippen LogP contribution in [0.15, 0.2) is 0 Å². The van der Waals surface area contributed by atoms with Crippen molar-refractivity contribution in [1.29, 1.82) is 0 Å². The molecule has 0 radical (unpaired) electrons. The van der Waals surface area contributed by atoms with E-state index in [1.54, 1.807) is 4.90 Å². The molecule has 5 rings (SSSR count). The first-order valence-electron chi connectivity index (χ1n) is 18.2. The van der Waals surface area contributed by atoms with Crippen LogP contribution in [0, 0.1) is 22.7 Å². The Hall–Kier alpha value is -2.70. The fourth-order valence-electron chi connectivity index (χ4n) is 8.72. The number of unbranched alkanes of at least 4 members (excludes halogenated alkanes) is 1. The fourth-order valence-corrected chi connectivity index (χ4v) is 11.1. The zero-order valence-electron chi connectivity index (χ0n) is 29.7. The third kappa shape index (κ3) is 7.40. The minimum absolute atomic E-state index is 0.00883. The minimum Gasteiger partial charge on any atom is -0.347 e. The van der Waals surface area contributed by atoms with E-state index in [1.807, 2.05) is 27.7 Å². The third-order valence-corrected chi connectivity index (χ3v) is 14.2. The lowest BCUT2D eigenvalue weighted by Gasteiger charge is -2.43. The Balaban J connectivity index is 1.34. The second-order valence-corrected chi connectivity index (χ2v) is 19.1. The molecule has 5 fully saturated rings. The maximum atomic E-state index is 14.5. The summed E-state index contributed by atoms with van der Waals surface area (Å²) in [6.07, 6.45) is 8.28. The van der Waals surface area contributed by atoms with E-state index in [0.29, 0.717) is 45.1 Å². The fraction of sp³-hybridized carbons (Fsp3) is 0.857. The summed E-state index contributed by atoms with van der Waals surface area (Å²) in [5, 5.41) is 10.9. The van der Waals surface area contributed by atoms with E-state index < -0.39 is 73.7 Å². The number of nitrogens with one attached hydrogen (secondary N) is 4. The van der Waals surface area contributed by atoms with Gasteiger partial charge in [-0.1, -0.05) is 73.6 Å². The predicted octanol–water partition coefficient (Wildman–Crippen LogP) is 2.99. The van der Waals surface area contributed by atoms with Gasteiger partial charge in [0, 0.05) is 12.6 Å². The highest BCUT2D eigenvalue weighted by atomic mass is 32.2. The molecule has 6 atom stereocenters. The molecule has 12 nitrogen and oxygen atoms in total. The molecule has 270 valence electrons. The van der Waals surface area contributed by atoms with Gasteiger partial charge in [0.05, 0.1) is 22.6 Å². The van der Waals surface area contributed by atoms with E-state index in [1.165, 1.54) is 0 Å². The number of hydrogen-bond donors (Lipinski definition) is 4. The van der Waals surface area contributed by atoms with Gasteiger partial charge in [0.25, 0.3) is 5.91 Å². The van der Waals surface area contributed by atoms with Crippen LogP contribution in [0.25, 0.3) is 0 Å². The average Bonchev–Trinajstić information content (AvgIpc) is 3.79. The minimum atomic E-state index is -3.35. The average molecular weight is 692 g/mol. The van der Waals surface area contributed by atoms with Gasteiger partial charge in [-0.05, 0) is 67.6 Å². The molecule has 0 aromatic carbocycles. The van der Waals surface area contributed by atoms with Crippen LogP contribution < -0.4 is 21.3 Å². The van der Waals surface area contributed by atoms with E-state index in [9.17, 15) is 32.4 Å². The summed E-state index contributed by atoms with van der Waals surface area (Å²) < 4.78 is 26.1. The zero-order valence-corrected chi connectivity index (χ0v) is 30.5. The molecular weight excluding hydrogens is 634 g/mol. The number of amides is 5.